The molecule has 146 valence electrons. The first-order valence-corrected chi connectivity index (χ1v) is 11.0. The van der Waals surface area contributed by atoms with Gasteiger partial charge >= 0.3 is 0 Å². The van der Waals surface area contributed by atoms with Crippen LogP contribution in [0.1, 0.15) is 40.2 Å². The Morgan fingerprint density at radius 2 is 1.93 bits per heavy atom. The van der Waals surface area contributed by atoms with Crippen LogP contribution in [0.3, 0.4) is 0 Å². The van der Waals surface area contributed by atoms with Crippen LogP contribution in [0.15, 0.2) is 30.3 Å². The molecule has 1 unspecified atom stereocenters. The van der Waals surface area contributed by atoms with Crippen molar-refractivity contribution in [3.63, 3.8) is 0 Å². The number of benzene rings is 1. The summed E-state index contributed by atoms with van der Waals surface area (Å²) in [6.45, 7) is 6.82. The molecule has 3 rings (SSSR count). The molecule has 1 amide bonds. The van der Waals surface area contributed by atoms with Crippen LogP contribution in [-0.4, -0.2) is 48.6 Å². The molecule has 0 saturated carbocycles. The Balaban J connectivity index is 1.81. The first kappa shape index (κ1) is 19.6. The molecular formula is C20H27N3O3S. The summed E-state index contributed by atoms with van der Waals surface area (Å²) in [5.74, 6) is -0.151. The summed E-state index contributed by atoms with van der Waals surface area (Å²) in [6.07, 6.45) is 2.75. The number of aromatic nitrogens is 1. The third-order valence-electron chi connectivity index (χ3n) is 5.12. The maximum Gasteiger partial charge on any atom is 0.253 e. The molecule has 2 heterocycles. The molecule has 0 bridgehead atoms. The fraction of sp³-hybridized carbons (Fsp3) is 0.450. The zero-order valence-corrected chi connectivity index (χ0v) is 17.1. The van der Waals surface area contributed by atoms with Crippen molar-refractivity contribution in [1.82, 2.24) is 14.2 Å². The number of carbonyl (C=O) groups is 1. The van der Waals surface area contributed by atoms with Crippen LogP contribution < -0.4 is 5.32 Å². The predicted octanol–water partition coefficient (Wildman–Crippen LogP) is 2.56. The number of amides is 1. The number of sulfonamides is 1. The minimum atomic E-state index is -3.23. The van der Waals surface area contributed by atoms with E-state index in [4.69, 9.17) is 0 Å². The molecule has 0 aliphatic carbocycles. The van der Waals surface area contributed by atoms with Crippen LogP contribution in [0.5, 0.6) is 0 Å². The highest BCUT2D eigenvalue weighted by molar-refractivity contribution is 7.88. The Labute approximate surface area is 161 Å². The molecule has 1 aliphatic rings. The number of hydrogen-bond acceptors (Lipinski definition) is 3. The fourth-order valence-corrected chi connectivity index (χ4v) is 4.69. The Morgan fingerprint density at radius 1 is 1.19 bits per heavy atom. The molecule has 27 heavy (non-hydrogen) atoms. The van der Waals surface area contributed by atoms with Gasteiger partial charge in [-0.2, -0.15) is 0 Å². The highest BCUT2D eigenvalue weighted by atomic mass is 32.2. The second-order valence-electron chi connectivity index (χ2n) is 7.39. The quantitative estimate of drug-likeness (QED) is 0.874. The van der Waals surface area contributed by atoms with Gasteiger partial charge in [0.1, 0.15) is 0 Å². The summed E-state index contributed by atoms with van der Waals surface area (Å²) in [6, 6.07) is 9.90. The van der Waals surface area contributed by atoms with Gasteiger partial charge in [0.25, 0.3) is 5.91 Å². The molecule has 1 atom stereocenters. The lowest BCUT2D eigenvalue weighted by molar-refractivity contribution is 0.0921. The minimum absolute atomic E-state index is 0.151. The van der Waals surface area contributed by atoms with Gasteiger partial charge in [0.2, 0.25) is 10.0 Å². The van der Waals surface area contributed by atoms with Crippen LogP contribution >= 0.6 is 0 Å². The third-order valence-corrected chi connectivity index (χ3v) is 6.39. The van der Waals surface area contributed by atoms with E-state index in [1.54, 1.807) is 0 Å². The smallest absolute Gasteiger partial charge is 0.253 e. The lowest BCUT2D eigenvalue weighted by Gasteiger charge is -2.31. The van der Waals surface area contributed by atoms with Crippen molar-refractivity contribution < 1.29 is 13.2 Å². The number of aryl methyl sites for hydroxylation is 2. The number of carbonyl (C=O) groups excluding carboxylic acids is 1. The van der Waals surface area contributed by atoms with E-state index in [2.05, 4.69) is 16.0 Å². The number of nitrogens with one attached hydrogen (secondary N) is 1. The summed E-state index contributed by atoms with van der Waals surface area (Å²) >= 11 is 0. The lowest BCUT2D eigenvalue weighted by Crippen LogP contribution is -2.49. The fourth-order valence-electron chi connectivity index (χ4n) is 3.78. The SMILES string of the molecule is Cc1cccc(-n2c(C)cc(C(=O)NC3CCCN(S(C)(=O)=O)C3)c2C)c1. The minimum Gasteiger partial charge on any atom is -0.348 e. The molecule has 1 fully saturated rings. The molecule has 1 aromatic heterocycles. The van der Waals surface area contributed by atoms with E-state index in [9.17, 15) is 13.2 Å². The Hall–Kier alpha value is -2.12. The van der Waals surface area contributed by atoms with Crippen molar-refractivity contribution in [2.24, 2.45) is 0 Å². The second kappa shape index (κ2) is 7.48. The topological polar surface area (TPSA) is 71.4 Å². The van der Waals surface area contributed by atoms with Crippen molar-refractivity contribution >= 4 is 15.9 Å². The Morgan fingerprint density at radius 3 is 2.59 bits per heavy atom. The molecule has 1 aromatic carbocycles. The van der Waals surface area contributed by atoms with E-state index >= 15 is 0 Å². The van der Waals surface area contributed by atoms with Crippen LogP contribution in [0.4, 0.5) is 0 Å². The first-order chi connectivity index (χ1) is 12.7. The average molecular weight is 390 g/mol. The standard InChI is InChI=1S/C20H27N3O3S/c1-14-7-5-9-18(11-14)23-15(2)12-19(16(23)3)20(24)21-17-8-6-10-22(13-17)27(4,25)26/h5,7,9,11-12,17H,6,8,10,13H2,1-4H3,(H,21,24). The highest BCUT2D eigenvalue weighted by Gasteiger charge is 2.28. The zero-order valence-electron chi connectivity index (χ0n) is 16.3. The summed E-state index contributed by atoms with van der Waals surface area (Å²) < 4.78 is 27.1. The summed E-state index contributed by atoms with van der Waals surface area (Å²) in [7, 11) is -3.23. The summed E-state index contributed by atoms with van der Waals surface area (Å²) in [4.78, 5) is 12.9. The molecule has 0 radical (unpaired) electrons. The van der Waals surface area contributed by atoms with E-state index in [0.29, 0.717) is 18.7 Å². The largest absolute Gasteiger partial charge is 0.348 e. The number of piperidine rings is 1. The van der Waals surface area contributed by atoms with E-state index in [0.717, 1.165) is 35.5 Å². The maximum atomic E-state index is 12.9. The predicted molar refractivity (Wildman–Crippen MR) is 107 cm³/mol. The van der Waals surface area contributed by atoms with Crippen LogP contribution in [0.2, 0.25) is 0 Å². The molecule has 7 heteroatoms. The average Bonchev–Trinajstić information content (AvgIpc) is 2.89. The van der Waals surface area contributed by atoms with E-state index in [-0.39, 0.29) is 11.9 Å². The molecule has 1 N–H and O–H groups in total. The molecule has 6 nitrogen and oxygen atoms in total. The summed E-state index contributed by atoms with van der Waals surface area (Å²) in [5, 5.41) is 3.02. The van der Waals surface area contributed by atoms with Crippen molar-refractivity contribution in [1.29, 1.82) is 0 Å². The van der Waals surface area contributed by atoms with E-state index < -0.39 is 10.0 Å². The summed E-state index contributed by atoms with van der Waals surface area (Å²) in [5.41, 5.74) is 4.69. The van der Waals surface area contributed by atoms with Gasteiger partial charge in [-0.3, -0.25) is 4.79 Å². The monoisotopic (exact) mass is 389 g/mol. The van der Waals surface area contributed by atoms with Crippen molar-refractivity contribution in [3.8, 4) is 5.69 Å². The number of hydrogen-bond donors (Lipinski definition) is 1. The van der Waals surface area contributed by atoms with Crippen LogP contribution in [-0.2, 0) is 10.0 Å². The number of nitrogens with zero attached hydrogens (tertiary/aromatic N) is 2. The van der Waals surface area contributed by atoms with Gasteiger partial charge in [0.05, 0.1) is 11.8 Å². The molecule has 0 spiro atoms. The van der Waals surface area contributed by atoms with Crippen molar-refractivity contribution in [3.05, 3.63) is 52.8 Å². The Kier molecular flexibility index (Phi) is 5.44. The number of rotatable bonds is 4. The maximum absolute atomic E-state index is 12.9. The highest BCUT2D eigenvalue weighted by Crippen LogP contribution is 2.22. The van der Waals surface area contributed by atoms with Gasteiger partial charge in [-0.05, 0) is 57.4 Å². The molecule has 1 aliphatic heterocycles. The van der Waals surface area contributed by atoms with Crippen molar-refractivity contribution in [2.75, 3.05) is 19.3 Å². The molecule has 2 aromatic rings. The van der Waals surface area contributed by atoms with Gasteiger partial charge in [0, 0.05) is 36.2 Å². The van der Waals surface area contributed by atoms with Gasteiger partial charge in [0.15, 0.2) is 0 Å². The first-order valence-electron chi connectivity index (χ1n) is 9.19. The molecule has 1 saturated heterocycles. The Bertz CT molecular complexity index is 963. The van der Waals surface area contributed by atoms with Crippen LogP contribution in [0.25, 0.3) is 5.69 Å². The van der Waals surface area contributed by atoms with Crippen molar-refractivity contribution in [2.45, 2.75) is 39.7 Å². The lowest BCUT2D eigenvalue weighted by atomic mass is 10.1. The normalized spacial score (nSPS) is 18.4. The third kappa shape index (κ3) is 4.25. The zero-order chi connectivity index (χ0) is 19.8. The second-order valence-corrected chi connectivity index (χ2v) is 9.38. The van der Waals surface area contributed by atoms with Gasteiger partial charge in [-0.25, -0.2) is 12.7 Å². The van der Waals surface area contributed by atoms with Gasteiger partial charge in [-0.15, -0.1) is 0 Å². The van der Waals surface area contributed by atoms with Gasteiger partial charge < -0.3 is 9.88 Å². The van der Waals surface area contributed by atoms with Crippen LogP contribution in [0, 0.1) is 20.8 Å². The molecular weight excluding hydrogens is 362 g/mol. The van der Waals surface area contributed by atoms with Gasteiger partial charge in [-0.1, -0.05) is 12.1 Å². The van der Waals surface area contributed by atoms with E-state index in [1.807, 2.05) is 45.0 Å². The van der Waals surface area contributed by atoms with E-state index in [1.165, 1.54) is 10.6 Å².